The molecule has 27 heavy (non-hydrogen) atoms. The van der Waals surface area contributed by atoms with Gasteiger partial charge >= 0.3 is 5.97 Å². The van der Waals surface area contributed by atoms with Crippen LogP contribution in [0.5, 0.6) is 0 Å². The molecule has 5 nitrogen and oxygen atoms in total. The van der Waals surface area contributed by atoms with Gasteiger partial charge in [0.25, 0.3) is 0 Å². The SMILES string of the molecule is COC(=O)[C@]12C[C@@]13C[C@H]1C4Nc5ccccc5C4CCN1C[C@@H]3CC[C@@H]2O. The Balaban J connectivity index is 1.35. The van der Waals surface area contributed by atoms with Crippen LogP contribution in [0.3, 0.4) is 0 Å². The summed E-state index contributed by atoms with van der Waals surface area (Å²) in [5.41, 5.74) is 2.04. The first-order valence-electron chi connectivity index (χ1n) is 10.5. The molecule has 0 bridgehead atoms. The van der Waals surface area contributed by atoms with Crippen LogP contribution in [0.1, 0.15) is 43.6 Å². The molecule has 1 spiro atoms. The molecule has 5 heteroatoms. The summed E-state index contributed by atoms with van der Waals surface area (Å²) in [4.78, 5) is 15.4. The maximum absolute atomic E-state index is 12.7. The Morgan fingerprint density at radius 3 is 3.00 bits per heavy atom. The van der Waals surface area contributed by atoms with Crippen LogP contribution < -0.4 is 5.32 Å². The Morgan fingerprint density at radius 1 is 1.30 bits per heavy atom. The highest BCUT2D eigenvalue weighted by molar-refractivity contribution is 5.83. The number of rotatable bonds is 1. The second-order valence-electron chi connectivity index (χ2n) is 9.50. The quantitative estimate of drug-likeness (QED) is 0.745. The average Bonchev–Trinajstić information content (AvgIpc) is 3.23. The van der Waals surface area contributed by atoms with Gasteiger partial charge in [-0.15, -0.1) is 0 Å². The monoisotopic (exact) mass is 368 g/mol. The first kappa shape index (κ1) is 16.4. The molecule has 6 rings (SSSR count). The first-order valence-corrected chi connectivity index (χ1v) is 10.5. The number of methoxy groups -OCH3 is 1. The van der Waals surface area contributed by atoms with Crippen LogP contribution in [-0.2, 0) is 9.53 Å². The largest absolute Gasteiger partial charge is 0.468 e. The molecule has 0 amide bonds. The number of aliphatic hydroxyl groups is 1. The van der Waals surface area contributed by atoms with Crippen molar-refractivity contribution in [1.82, 2.24) is 4.90 Å². The Morgan fingerprint density at radius 2 is 2.15 bits per heavy atom. The number of aliphatic hydroxyl groups excluding tert-OH is 1. The molecule has 4 fully saturated rings. The molecule has 0 radical (unpaired) electrons. The average molecular weight is 368 g/mol. The fraction of sp³-hybridized carbons (Fsp3) is 0.682. The highest BCUT2D eigenvalue weighted by Gasteiger charge is 2.81. The summed E-state index contributed by atoms with van der Waals surface area (Å²) >= 11 is 0. The highest BCUT2D eigenvalue weighted by Crippen LogP contribution is 2.77. The van der Waals surface area contributed by atoms with Crippen LogP contribution in [0.2, 0.25) is 0 Å². The number of piperidine rings is 2. The zero-order chi connectivity index (χ0) is 18.4. The minimum atomic E-state index is -0.644. The number of anilines is 1. The number of hydrogen-bond acceptors (Lipinski definition) is 5. The maximum atomic E-state index is 12.7. The molecule has 5 aliphatic rings. The van der Waals surface area contributed by atoms with Gasteiger partial charge in [-0.3, -0.25) is 9.69 Å². The molecule has 3 aliphatic heterocycles. The van der Waals surface area contributed by atoms with Crippen molar-refractivity contribution in [1.29, 1.82) is 0 Å². The van der Waals surface area contributed by atoms with E-state index in [4.69, 9.17) is 4.74 Å². The van der Waals surface area contributed by atoms with Gasteiger partial charge in [-0.05, 0) is 61.6 Å². The molecule has 0 aromatic heterocycles. The topological polar surface area (TPSA) is 61.8 Å². The van der Waals surface area contributed by atoms with Gasteiger partial charge < -0.3 is 15.2 Å². The van der Waals surface area contributed by atoms with Crippen LogP contribution in [0, 0.1) is 16.7 Å². The second-order valence-corrected chi connectivity index (χ2v) is 9.50. The molecule has 1 aromatic carbocycles. The lowest BCUT2D eigenvalue weighted by molar-refractivity contribution is -0.161. The predicted molar refractivity (Wildman–Crippen MR) is 101 cm³/mol. The molecule has 2 aliphatic carbocycles. The van der Waals surface area contributed by atoms with Crippen LogP contribution in [0.4, 0.5) is 5.69 Å². The standard InChI is InChI=1S/C22H28N2O3/c1-27-20(26)22-12-21(22)10-17-19-15(14-4-2-3-5-16(14)23-19)8-9-24(17)11-13(21)6-7-18(22)25/h2-5,13,15,17-19,23,25H,6-12H2,1H3/t13-,15?,17-,18-,19?,21+,22+/m0/s1. The van der Waals surface area contributed by atoms with Crippen molar-refractivity contribution < 1.29 is 14.6 Å². The lowest BCUT2D eigenvalue weighted by atomic mass is 9.63. The molecule has 2 N–H and O–H groups in total. The summed E-state index contributed by atoms with van der Waals surface area (Å²) in [5.74, 6) is 0.898. The highest BCUT2D eigenvalue weighted by atomic mass is 16.5. The van der Waals surface area contributed by atoms with E-state index in [9.17, 15) is 9.90 Å². The molecule has 2 saturated carbocycles. The molecule has 3 heterocycles. The van der Waals surface area contributed by atoms with E-state index in [1.165, 1.54) is 24.8 Å². The smallest absolute Gasteiger partial charge is 0.315 e. The van der Waals surface area contributed by atoms with E-state index in [0.717, 1.165) is 38.8 Å². The lowest BCUT2D eigenvalue weighted by Gasteiger charge is -2.54. The zero-order valence-corrected chi connectivity index (χ0v) is 15.9. The van der Waals surface area contributed by atoms with Gasteiger partial charge in [0.2, 0.25) is 0 Å². The summed E-state index contributed by atoms with van der Waals surface area (Å²) in [6.45, 7) is 2.21. The van der Waals surface area contributed by atoms with E-state index in [2.05, 4.69) is 34.5 Å². The van der Waals surface area contributed by atoms with E-state index < -0.39 is 11.5 Å². The van der Waals surface area contributed by atoms with E-state index in [0.29, 0.717) is 23.9 Å². The Hall–Kier alpha value is -1.59. The minimum Gasteiger partial charge on any atom is -0.468 e. The Kier molecular flexibility index (Phi) is 3.19. The first-order chi connectivity index (χ1) is 13.1. The van der Waals surface area contributed by atoms with Crippen molar-refractivity contribution in [2.45, 2.75) is 56.2 Å². The van der Waals surface area contributed by atoms with E-state index >= 15 is 0 Å². The van der Waals surface area contributed by atoms with Crippen molar-refractivity contribution in [3.8, 4) is 0 Å². The molecule has 7 atom stereocenters. The fourth-order valence-electron chi connectivity index (χ4n) is 7.54. The summed E-state index contributed by atoms with van der Waals surface area (Å²) in [7, 11) is 1.47. The van der Waals surface area contributed by atoms with Crippen LogP contribution in [0.25, 0.3) is 0 Å². The van der Waals surface area contributed by atoms with E-state index in [1.54, 1.807) is 0 Å². The second kappa shape index (κ2) is 5.26. The third-order valence-corrected chi connectivity index (χ3v) is 8.80. The van der Waals surface area contributed by atoms with Crippen molar-refractivity contribution in [2.24, 2.45) is 16.7 Å². The van der Waals surface area contributed by atoms with Crippen LogP contribution >= 0.6 is 0 Å². The lowest BCUT2D eigenvalue weighted by Crippen LogP contribution is -2.61. The fourth-order valence-corrected chi connectivity index (χ4v) is 7.54. The summed E-state index contributed by atoms with van der Waals surface area (Å²) < 4.78 is 5.19. The van der Waals surface area contributed by atoms with Gasteiger partial charge in [-0.1, -0.05) is 18.2 Å². The minimum absolute atomic E-state index is 0.0583. The van der Waals surface area contributed by atoms with Gasteiger partial charge in [-0.2, -0.15) is 0 Å². The number of nitrogens with one attached hydrogen (secondary N) is 1. The van der Waals surface area contributed by atoms with Crippen LogP contribution in [0.15, 0.2) is 24.3 Å². The molecular formula is C22H28N2O3. The molecular weight excluding hydrogens is 340 g/mol. The third-order valence-electron chi connectivity index (χ3n) is 8.80. The van der Waals surface area contributed by atoms with Crippen molar-refractivity contribution in [3.05, 3.63) is 29.8 Å². The third kappa shape index (κ3) is 1.85. The Bertz CT molecular complexity index is 813. The van der Waals surface area contributed by atoms with Crippen molar-refractivity contribution >= 4 is 11.7 Å². The van der Waals surface area contributed by atoms with Crippen molar-refractivity contribution in [2.75, 3.05) is 25.5 Å². The predicted octanol–water partition coefficient (Wildman–Crippen LogP) is 2.36. The molecule has 2 saturated heterocycles. The van der Waals surface area contributed by atoms with Gasteiger partial charge in [0.1, 0.15) is 5.41 Å². The number of nitrogens with zero attached hydrogens (tertiary/aromatic N) is 1. The summed E-state index contributed by atoms with van der Waals surface area (Å²) in [5, 5.41) is 14.6. The Labute approximate surface area is 160 Å². The summed E-state index contributed by atoms with van der Waals surface area (Å²) in [6.07, 6.45) is 4.25. The number of hydrogen-bond donors (Lipinski definition) is 2. The maximum Gasteiger partial charge on any atom is 0.315 e. The number of benzene rings is 1. The van der Waals surface area contributed by atoms with Gasteiger partial charge in [-0.25, -0.2) is 0 Å². The van der Waals surface area contributed by atoms with E-state index in [1.807, 2.05) is 0 Å². The van der Waals surface area contributed by atoms with Gasteiger partial charge in [0.15, 0.2) is 0 Å². The number of ether oxygens (including phenoxy) is 1. The molecule has 2 unspecified atom stereocenters. The zero-order valence-electron chi connectivity index (χ0n) is 15.9. The van der Waals surface area contributed by atoms with Gasteiger partial charge in [0.05, 0.1) is 13.2 Å². The number of carbonyl (C=O) groups is 1. The van der Waals surface area contributed by atoms with Crippen LogP contribution in [-0.4, -0.2) is 54.4 Å². The van der Waals surface area contributed by atoms with Gasteiger partial charge in [0, 0.05) is 30.2 Å². The molecule has 1 aromatic rings. The molecule has 144 valence electrons. The van der Waals surface area contributed by atoms with E-state index in [-0.39, 0.29) is 11.4 Å². The summed E-state index contributed by atoms with van der Waals surface area (Å²) in [6, 6.07) is 9.57. The number of para-hydroxylation sites is 1. The number of fused-ring (bicyclic) bond motifs is 5. The normalized spacial score (nSPS) is 46.8. The number of carbonyl (C=O) groups excluding carboxylic acids is 1. The number of esters is 1. The van der Waals surface area contributed by atoms with Crippen molar-refractivity contribution in [3.63, 3.8) is 0 Å².